The molecular formula is C13H15N3O. The molecule has 0 aliphatic heterocycles. The molecule has 4 nitrogen and oxygen atoms in total. The summed E-state index contributed by atoms with van der Waals surface area (Å²) in [6.45, 7) is 4.50. The van der Waals surface area contributed by atoms with Gasteiger partial charge in [-0.3, -0.25) is 4.98 Å². The van der Waals surface area contributed by atoms with E-state index in [-0.39, 0.29) is 5.75 Å². The standard InChI is InChI=1S/C13H15N3O/c1-9-7-14-10(2)13(16-9)15-8-11-3-5-12(17)6-4-11/h3-7,17H,8H2,1-2H3,(H,15,16). The Balaban J connectivity index is 2.07. The summed E-state index contributed by atoms with van der Waals surface area (Å²) < 4.78 is 0. The van der Waals surface area contributed by atoms with Crippen LogP contribution in [0.15, 0.2) is 30.5 Å². The number of phenols is 1. The molecule has 0 fully saturated rings. The van der Waals surface area contributed by atoms with Crippen LogP contribution in [0.1, 0.15) is 17.0 Å². The number of aryl methyl sites for hydroxylation is 2. The summed E-state index contributed by atoms with van der Waals surface area (Å²) >= 11 is 0. The molecule has 0 spiro atoms. The van der Waals surface area contributed by atoms with Crippen LogP contribution in [-0.2, 0) is 6.54 Å². The van der Waals surface area contributed by atoms with Gasteiger partial charge in [0.1, 0.15) is 11.6 Å². The van der Waals surface area contributed by atoms with Gasteiger partial charge in [-0.05, 0) is 31.5 Å². The summed E-state index contributed by atoms with van der Waals surface area (Å²) in [6, 6.07) is 7.10. The van der Waals surface area contributed by atoms with E-state index in [0.29, 0.717) is 6.54 Å². The van der Waals surface area contributed by atoms with Crippen molar-refractivity contribution in [2.24, 2.45) is 0 Å². The van der Waals surface area contributed by atoms with Gasteiger partial charge in [0.25, 0.3) is 0 Å². The Hall–Kier alpha value is -2.10. The molecule has 0 aliphatic rings. The first-order valence-electron chi connectivity index (χ1n) is 5.47. The van der Waals surface area contributed by atoms with Crippen LogP contribution in [0.25, 0.3) is 0 Å². The number of aromatic nitrogens is 2. The third kappa shape index (κ3) is 2.93. The molecule has 1 aromatic carbocycles. The molecule has 2 N–H and O–H groups in total. The predicted molar refractivity (Wildman–Crippen MR) is 66.9 cm³/mol. The van der Waals surface area contributed by atoms with Crippen molar-refractivity contribution in [3.63, 3.8) is 0 Å². The highest BCUT2D eigenvalue weighted by Gasteiger charge is 2.01. The molecule has 0 radical (unpaired) electrons. The van der Waals surface area contributed by atoms with Crippen molar-refractivity contribution in [1.29, 1.82) is 0 Å². The van der Waals surface area contributed by atoms with Gasteiger partial charge in [-0.15, -0.1) is 0 Å². The molecule has 0 saturated heterocycles. The summed E-state index contributed by atoms with van der Waals surface area (Å²) in [4.78, 5) is 8.62. The molecule has 17 heavy (non-hydrogen) atoms. The van der Waals surface area contributed by atoms with Crippen LogP contribution in [0.4, 0.5) is 5.82 Å². The molecule has 2 aromatic rings. The van der Waals surface area contributed by atoms with Crippen LogP contribution >= 0.6 is 0 Å². The lowest BCUT2D eigenvalue weighted by Crippen LogP contribution is -2.05. The maximum Gasteiger partial charge on any atom is 0.148 e. The molecule has 0 atom stereocenters. The minimum Gasteiger partial charge on any atom is -0.508 e. The Labute approximate surface area is 100 Å². The number of anilines is 1. The Morgan fingerprint density at radius 2 is 1.88 bits per heavy atom. The summed E-state index contributed by atoms with van der Waals surface area (Å²) in [5.41, 5.74) is 2.86. The fourth-order valence-corrected chi connectivity index (χ4v) is 1.50. The number of hydrogen-bond acceptors (Lipinski definition) is 4. The first-order chi connectivity index (χ1) is 8.15. The SMILES string of the molecule is Cc1cnc(C)c(NCc2ccc(O)cc2)n1. The normalized spacial score (nSPS) is 10.2. The van der Waals surface area contributed by atoms with Gasteiger partial charge < -0.3 is 10.4 Å². The Kier molecular flexibility index (Phi) is 3.23. The molecule has 0 saturated carbocycles. The monoisotopic (exact) mass is 229 g/mol. The predicted octanol–water partition coefficient (Wildman–Crippen LogP) is 2.41. The highest BCUT2D eigenvalue weighted by atomic mass is 16.3. The van der Waals surface area contributed by atoms with Crippen molar-refractivity contribution in [1.82, 2.24) is 9.97 Å². The molecule has 0 unspecified atom stereocenters. The first-order valence-corrected chi connectivity index (χ1v) is 5.47. The van der Waals surface area contributed by atoms with Gasteiger partial charge in [0.2, 0.25) is 0 Å². The summed E-state index contributed by atoms with van der Waals surface area (Å²) in [6.07, 6.45) is 1.75. The molecule has 2 rings (SSSR count). The maximum atomic E-state index is 9.18. The number of aromatic hydroxyl groups is 1. The number of nitrogens with zero attached hydrogens (tertiary/aromatic N) is 2. The summed E-state index contributed by atoms with van der Waals surface area (Å²) in [7, 11) is 0. The zero-order valence-electron chi connectivity index (χ0n) is 9.94. The Bertz CT molecular complexity index is 509. The van der Waals surface area contributed by atoms with E-state index < -0.39 is 0 Å². The quantitative estimate of drug-likeness (QED) is 0.848. The van der Waals surface area contributed by atoms with E-state index in [0.717, 1.165) is 22.8 Å². The van der Waals surface area contributed by atoms with Crippen molar-refractivity contribution < 1.29 is 5.11 Å². The number of nitrogens with one attached hydrogen (secondary N) is 1. The minimum atomic E-state index is 0.278. The van der Waals surface area contributed by atoms with Crippen LogP contribution < -0.4 is 5.32 Å². The van der Waals surface area contributed by atoms with Crippen LogP contribution in [0.5, 0.6) is 5.75 Å². The number of hydrogen-bond donors (Lipinski definition) is 2. The fraction of sp³-hybridized carbons (Fsp3) is 0.231. The molecule has 4 heteroatoms. The average molecular weight is 229 g/mol. The van der Waals surface area contributed by atoms with Gasteiger partial charge in [0, 0.05) is 12.7 Å². The van der Waals surface area contributed by atoms with Gasteiger partial charge in [-0.1, -0.05) is 12.1 Å². The van der Waals surface area contributed by atoms with E-state index in [1.165, 1.54) is 0 Å². The molecule has 0 aliphatic carbocycles. The Morgan fingerprint density at radius 1 is 1.18 bits per heavy atom. The van der Waals surface area contributed by atoms with Crippen LogP contribution in [0.3, 0.4) is 0 Å². The topological polar surface area (TPSA) is 58.0 Å². The van der Waals surface area contributed by atoms with Gasteiger partial charge in [-0.25, -0.2) is 4.98 Å². The van der Waals surface area contributed by atoms with Crippen molar-refractivity contribution in [2.45, 2.75) is 20.4 Å². The van der Waals surface area contributed by atoms with E-state index in [2.05, 4.69) is 15.3 Å². The average Bonchev–Trinajstić information content (AvgIpc) is 2.32. The maximum absolute atomic E-state index is 9.18. The fourth-order valence-electron chi connectivity index (χ4n) is 1.50. The van der Waals surface area contributed by atoms with Crippen LogP contribution in [-0.4, -0.2) is 15.1 Å². The third-order valence-corrected chi connectivity index (χ3v) is 2.47. The number of benzene rings is 1. The lowest BCUT2D eigenvalue weighted by atomic mass is 10.2. The van der Waals surface area contributed by atoms with E-state index in [9.17, 15) is 5.11 Å². The van der Waals surface area contributed by atoms with Gasteiger partial charge >= 0.3 is 0 Å². The van der Waals surface area contributed by atoms with Crippen molar-refractivity contribution in [3.8, 4) is 5.75 Å². The van der Waals surface area contributed by atoms with Gasteiger partial charge in [0.05, 0.1) is 11.4 Å². The molecule has 0 amide bonds. The first kappa shape index (κ1) is 11.4. The number of rotatable bonds is 3. The number of phenolic OH excluding ortho intramolecular Hbond substituents is 1. The highest BCUT2D eigenvalue weighted by Crippen LogP contribution is 2.13. The second-order valence-corrected chi connectivity index (χ2v) is 3.97. The smallest absolute Gasteiger partial charge is 0.148 e. The lowest BCUT2D eigenvalue weighted by molar-refractivity contribution is 0.475. The highest BCUT2D eigenvalue weighted by molar-refractivity contribution is 5.40. The lowest BCUT2D eigenvalue weighted by Gasteiger charge is -2.08. The molecule has 1 aromatic heterocycles. The van der Waals surface area contributed by atoms with Crippen LogP contribution in [0.2, 0.25) is 0 Å². The third-order valence-electron chi connectivity index (χ3n) is 2.47. The van der Waals surface area contributed by atoms with Crippen LogP contribution in [0, 0.1) is 13.8 Å². The van der Waals surface area contributed by atoms with Crippen molar-refractivity contribution >= 4 is 5.82 Å². The zero-order chi connectivity index (χ0) is 12.3. The second kappa shape index (κ2) is 4.82. The zero-order valence-corrected chi connectivity index (χ0v) is 9.94. The molecule has 1 heterocycles. The van der Waals surface area contributed by atoms with E-state index >= 15 is 0 Å². The molecule has 88 valence electrons. The minimum absolute atomic E-state index is 0.278. The summed E-state index contributed by atoms with van der Waals surface area (Å²) in [5, 5.41) is 12.4. The molecule has 0 bridgehead atoms. The summed E-state index contributed by atoms with van der Waals surface area (Å²) in [5.74, 6) is 1.08. The largest absolute Gasteiger partial charge is 0.508 e. The van der Waals surface area contributed by atoms with Crippen molar-refractivity contribution in [3.05, 3.63) is 47.4 Å². The molecular weight excluding hydrogens is 214 g/mol. The van der Waals surface area contributed by atoms with E-state index in [4.69, 9.17) is 0 Å². The van der Waals surface area contributed by atoms with Gasteiger partial charge in [-0.2, -0.15) is 0 Å². The van der Waals surface area contributed by atoms with Gasteiger partial charge in [0.15, 0.2) is 0 Å². The van der Waals surface area contributed by atoms with E-state index in [1.807, 2.05) is 26.0 Å². The second-order valence-electron chi connectivity index (χ2n) is 3.97. The van der Waals surface area contributed by atoms with E-state index in [1.54, 1.807) is 18.3 Å². The van der Waals surface area contributed by atoms with Crippen molar-refractivity contribution in [2.75, 3.05) is 5.32 Å². The Morgan fingerprint density at radius 3 is 2.59 bits per heavy atom.